The summed E-state index contributed by atoms with van der Waals surface area (Å²) in [6.45, 7) is 8.76. The van der Waals surface area contributed by atoms with Crippen LogP contribution in [-0.4, -0.2) is 49.5 Å². The van der Waals surface area contributed by atoms with Crippen molar-refractivity contribution >= 4 is 33.1 Å². The second-order valence-corrected chi connectivity index (χ2v) is 10.9. The highest BCUT2D eigenvalue weighted by Gasteiger charge is 2.39. The zero-order valence-electron chi connectivity index (χ0n) is 19.1. The molecule has 10 heteroatoms. The van der Waals surface area contributed by atoms with Crippen molar-refractivity contribution in [3.05, 3.63) is 47.7 Å². The van der Waals surface area contributed by atoms with Gasteiger partial charge in [0.2, 0.25) is 0 Å². The number of nitrogens with one attached hydrogen (secondary N) is 2. The van der Waals surface area contributed by atoms with Gasteiger partial charge in [0.15, 0.2) is 5.03 Å². The standard InChI is InChI=1S/C23H30N6O3S/c1-15-13-23(2,3)29(14-15)21-17(7-8-18(26-21)16-9-11-25-12-10-16)22(30)28-33(31,32)20-6-4-5-19(24)27-20/h4-9,15,25H,10-14H2,1-3H3,(H2,24,27)(H,28,30)/t15-/m0/s1. The molecule has 0 spiro atoms. The largest absolute Gasteiger partial charge is 0.384 e. The summed E-state index contributed by atoms with van der Waals surface area (Å²) >= 11 is 0. The van der Waals surface area contributed by atoms with Crippen LogP contribution < -0.4 is 20.7 Å². The lowest BCUT2D eigenvalue weighted by atomic mass is 9.97. The van der Waals surface area contributed by atoms with Crippen LogP contribution in [0.5, 0.6) is 0 Å². The number of anilines is 2. The van der Waals surface area contributed by atoms with E-state index in [1.165, 1.54) is 18.2 Å². The van der Waals surface area contributed by atoms with E-state index in [4.69, 9.17) is 10.7 Å². The number of aromatic nitrogens is 2. The van der Waals surface area contributed by atoms with Crippen molar-refractivity contribution in [2.45, 2.75) is 44.2 Å². The van der Waals surface area contributed by atoms with Gasteiger partial charge in [-0.1, -0.05) is 19.1 Å². The summed E-state index contributed by atoms with van der Waals surface area (Å²) in [5.41, 5.74) is 7.52. The molecule has 4 heterocycles. The molecule has 0 radical (unpaired) electrons. The maximum atomic E-state index is 13.2. The Morgan fingerprint density at radius 2 is 2.03 bits per heavy atom. The molecular weight excluding hydrogens is 440 g/mol. The lowest BCUT2D eigenvalue weighted by molar-refractivity contribution is 0.0981. The highest BCUT2D eigenvalue weighted by Crippen LogP contribution is 2.38. The van der Waals surface area contributed by atoms with Gasteiger partial charge < -0.3 is 16.0 Å². The molecule has 2 aliphatic heterocycles. The predicted octanol–water partition coefficient (Wildman–Crippen LogP) is 2.18. The van der Waals surface area contributed by atoms with Crippen LogP contribution in [0.2, 0.25) is 0 Å². The Kier molecular flexibility index (Phi) is 6.15. The van der Waals surface area contributed by atoms with Crippen molar-refractivity contribution in [3.8, 4) is 0 Å². The SMILES string of the molecule is C[C@@H]1CN(c2nc(C3=CCNCC3)ccc2C(=O)NS(=O)(=O)c2cccc(N)n2)C(C)(C)C1. The van der Waals surface area contributed by atoms with Gasteiger partial charge >= 0.3 is 0 Å². The van der Waals surface area contributed by atoms with Gasteiger partial charge in [-0.15, -0.1) is 0 Å². The monoisotopic (exact) mass is 470 g/mol. The fourth-order valence-electron chi connectivity index (χ4n) is 4.63. The molecule has 1 fully saturated rings. The summed E-state index contributed by atoms with van der Waals surface area (Å²) in [5.74, 6) is 0.220. The Morgan fingerprint density at radius 3 is 2.67 bits per heavy atom. The molecule has 2 aliphatic rings. The minimum atomic E-state index is -4.20. The number of sulfonamides is 1. The minimum Gasteiger partial charge on any atom is -0.384 e. The Bertz CT molecular complexity index is 1210. The summed E-state index contributed by atoms with van der Waals surface area (Å²) in [6, 6.07) is 7.70. The number of nitrogen functional groups attached to an aromatic ring is 1. The zero-order valence-corrected chi connectivity index (χ0v) is 19.9. The fraction of sp³-hybridized carbons (Fsp3) is 0.435. The minimum absolute atomic E-state index is 0.0556. The van der Waals surface area contributed by atoms with Crippen molar-refractivity contribution in [2.24, 2.45) is 5.92 Å². The number of hydrogen-bond donors (Lipinski definition) is 3. The van der Waals surface area contributed by atoms with E-state index in [1.54, 1.807) is 12.1 Å². The molecule has 0 bridgehead atoms. The van der Waals surface area contributed by atoms with E-state index in [1.807, 2.05) is 0 Å². The van der Waals surface area contributed by atoms with Gasteiger partial charge in [-0.3, -0.25) is 4.79 Å². The molecule has 0 aromatic carbocycles. The molecule has 1 saturated heterocycles. The number of carbonyl (C=O) groups is 1. The van der Waals surface area contributed by atoms with E-state index in [-0.39, 0.29) is 21.9 Å². The second kappa shape index (κ2) is 8.75. The normalized spacial score (nSPS) is 20.4. The third-order valence-corrected chi connectivity index (χ3v) is 7.32. The average Bonchev–Trinajstić information content (AvgIpc) is 3.05. The van der Waals surface area contributed by atoms with Gasteiger partial charge in [0.25, 0.3) is 15.9 Å². The Balaban J connectivity index is 1.74. The van der Waals surface area contributed by atoms with E-state index < -0.39 is 15.9 Å². The molecule has 1 amide bonds. The Morgan fingerprint density at radius 1 is 1.24 bits per heavy atom. The van der Waals surface area contributed by atoms with Crippen LogP contribution in [0.15, 0.2) is 41.4 Å². The lowest BCUT2D eigenvalue weighted by Crippen LogP contribution is -2.41. The summed E-state index contributed by atoms with van der Waals surface area (Å²) in [7, 11) is -4.20. The third kappa shape index (κ3) is 4.86. The molecule has 4 rings (SSSR count). The van der Waals surface area contributed by atoms with Crippen molar-refractivity contribution in [2.75, 3.05) is 30.3 Å². The van der Waals surface area contributed by atoms with Crippen molar-refractivity contribution in [3.63, 3.8) is 0 Å². The fourth-order valence-corrected chi connectivity index (χ4v) is 5.58. The topological polar surface area (TPSA) is 130 Å². The van der Waals surface area contributed by atoms with E-state index >= 15 is 0 Å². The first-order chi connectivity index (χ1) is 15.6. The van der Waals surface area contributed by atoms with Gasteiger partial charge in [-0.2, -0.15) is 8.42 Å². The number of pyridine rings is 2. The maximum Gasteiger partial charge on any atom is 0.281 e. The summed E-state index contributed by atoms with van der Waals surface area (Å²) in [5, 5.41) is 2.98. The third-order valence-electron chi connectivity index (χ3n) is 6.09. The van der Waals surface area contributed by atoms with E-state index in [0.29, 0.717) is 11.7 Å². The first-order valence-corrected chi connectivity index (χ1v) is 12.5. The lowest BCUT2D eigenvalue weighted by Gasteiger charge is -2.34. The molecule has 2 aromatic rings. The number of nitrogens with zero attached hydrogens (tertiary/aromatic N) is 3. The molecule has 33 heavy (non-hydrogen) atoms. The average molecular weight is 471 g/mol. The second-order valence-electron chi connectivity index (χ2n) is 9.32. The molecule has 0 aliphatic carbocycles. The smallest absolute Gasteiger partial charge is 0.281 e. The molecular formula is C23H30N6O3S. The Hall–Kier alpha value is -2.98. The van der Waals surface area contributed by atoms with Crippen LogP contribution in [0.3, 0.4) is 0 Å². The van der Waals surface area contributed by atoms with Crippen molar-refractivity contribution in [1.29, 1.82) is 0 Å². The zero-order chi connectivity index (χ0) is 23.8. The molecule has 0 saturated carbocycles. The van der Waals surface area contributed by atoms with Crippen molar-refractivity contribution < 1.29 is 13.2 Å². The van der Waals surface area contributed by atoms with Gasteiger partial charge in [0, 0.05) is 18.6 Å². The van der Waals surface area contributed by atoms with E-state index in [0.717, 1.165) is 43.7 Å². The molecule has 0 unspecified atom stereocenters. The summed E-state index contributed by atoms with van der Waals surface area (Å²) in [4.78, 5) is 24.1. The first kappa shape index (κ1) is 23.2. The van der Waals surface area contributed by atoms with Crippen LogP contribution in [0, 0.1) is 5.92 Å². The van der Waals surface area contributed by atoms with E-state index in [9.17, 15) is 13.2 Å². The maximum absolute atomic E-state index is 13.2. The Labute approximate surface area is 194 Å². The van der Waals surface area contributed by atoms with Gasteiger partial charge in [-0.05, 0) is 69.0 Å². The first-order valence-electron chi connectivity index (χ1n) is 11.1. The number of nitrogens with two attached hydrogens (primary N) is 1. The number of rotatable bonds is 5. The van der Waals surface area contributed by atoms with Crippen LogP contribution in [0.4, 0.5) is 11.6 Å². The van der Waals surface area contributed by atoms with Gasteiger partial charge in [0.05, 0.1) is 11.3 Å². The molecule has 2 aromatic heterocycles. The van der Waals surface area contributed by atoms with E-state index in [2.05, 4.69) is 46.8 Å². The highest BCUT2D eigenvalue weighted by molar-refractivity contribution is 7.90. The van der Waals surface area contributed by atoms with Crippen LogP contribution in [-0.2, 0) is 10.0 Å². The van der Waals surface area contributed by atoms with Crippen molar-refractivity contribution in [1.82, 2.24) is 20.0 Å². The summed E-state index contributed by atoms with van der Waals surface area (Å²) in [6.07, 6.45) is 3.88. The molecule has 9 nitrogen and oxygen atoms in total. The van der Waals surface area contributed by atoms with Gasteiger partial charge in [0.1, 0.15) is 11.6 Å². The van der Waals surface area contributed by atoms with Crippen LogP contribution >= 0.6 is 0 Å². The number of amides is 1. The molecule has 4 N–H and O–H groups in total. The molecule has 1 atom stereocenters. The van der Waals surface area contributed by atoms with Crippen LogP contribution in [0.1, 0.15) is 49.7 Å². The summed E-state index contributed by atoms with van der Waals surface area (Å²) < 4.78 is 27.7. The van der Waals surface area contributed by atoms with Gasteiger partial charge in [-0.25, -0.2) is 14.7 Å². The number of carbonyl (C=O) groups excluding carboxylic acids is 1. The van der Waals surface area contributed by atoms with Crippen LogP contribution in [0.25, 0.3) is 5.57 Å². The number of hydrogen-bond acceptors (Lipinski definition) is 8. The molecule has 176 valence electrons. The highest BCUT2D eigenvalue weighted by atomic mass is 32.2. The predicted molar refractivity (Wildman–Crippen MR) is 128 cm³/mol. The quantitative estimate of drug-likeness (QED) is 0.606.